The van der Waals surface area contributed by atoms with Crippen molar-refractivity contribution in [1.82, 2.24) is 9.88 Å². The lowest BCUT2D eigenvalue weighted by Gasteiger charge is -2.19. The molecule has 1 amide bonds. The van der Waals surface area contributed by atoms with E-state index in [1.165, 1.54) is 0 Å². The van der Waals surface area contributed by atoms with Crippen molar-refractivity contribution in [3.05, 3.63) is 36.0 Å². The summed E-state index contributed by atoms with van der Waals surface area (Å²) in [6, 6.07) is 8.97. The number of nitrogens with zero attached hydrogens (tertiary/aromatic N) is 3. The number of pyridine rings is 1. The summed E-state index contributed by atoms with van der Waals surface area (Å²) in [4.78, 5) is 31.1. The summed E-state index contributed by atoms with van der Waals surface area (Å²) in [5.74, 6) is 0.435. The molecule has 7 heteroatoms. The molecule has 0 spiro atoms. The van der Waals surface area contributed by atoms with E-state index in [2.05, 4.69) is 11.1 Å². The average Bonchev–Trinajstić information content (AvgIpc) is 3.23. The van der Waals surface area contributed by atoms with Crippen LogP contribution in [0.1, 0.15) is 48.9 Å². The molecule has 29 heavy (non-hydrogen) atoms. The molecule has 1 aromatic carbocycles. The summed E-state index contributed by atoms with van der Waals surface area (Å²) in [6.07, 6.45) is 5.76. The lowest BCUT2D eigenvalue weighted by molar-refractivity contribution is -0.131. The van der Waals surface area contributed by atoms with Crippen molar-refractivity contribution in [1.29, 1.82) is 5.26 Å². The number of Topliss-reactive ketones (excluding diaryl/α,β-unsaturated/α-hetero) is 1. The summed E-state index contributed by atoms with van der Waals surface area (Å²) >= 11 is 0. The molecule has 2 heterocycles. The highest BCUT2D eigenvalue weighted by Crippen LogP contribution is 2.25. The Bertz CT molecular complexity index is 925. The van der Waals surface area contributed by atoms with Gasteiger partial charge in [-0.05, 0) is 43.5 Å². The maximum absolute atomic E-state index is 12.8. The van der Waals surface area contributed by atoms with Gasteiger partial charge in [0.1, 0.15) is 11.8 Å². The van der Waals surface area contributed by atoms with Gasteiger partial charge in [0, 0.05) is 36.5 Å². The molecule has 0 N–H and O–H groups in total. The molecule has 1 aromatic heterocycles. The summed E-state index contributed by atoms with van der Waals surface area (Å²) in [5.41, 5.74) is 1.24. The number of carbonyl (C=O) groups excluding carboxylic acids is 2. The fourth-order valence-electron chi connectivity index (χ4n) is 3.59. The molecular formula is C22H24BN3O3. The first-order chi connectivity index (χ1) is 14.1. The van der Waals surface area contributed by atoms with Gasteiger partial charge in [-0.15, -0.1) is 0 Å². The Morgan fingerprint density at radius 2 is 2.14 bits per heavy atom. The van der Waals surface area contributed by atoms with Crippen molar-refractivity contribution in [3.63, 3.8) is 0 Å². The van der Waals surface area contributed by atoms with Crippen LogP contribution in [0, 0.1) is 11.3 Å². The second-order valence-corrected chi connectivity index (χ2v) is 7.18. The molecule has 1 saturated heterocycles. The smallest absolute Gasteiger partial charge is 0.224 e. The molecule has 3 rings (SSSR count). The van der Waals surface area contributed by atoms with Gasteiger partial charge in [-0.3, -0.25) is 14.6 Å². The van der Waals surface area contributed by atoms with E-state index in [0.717, 1.165) is 24.6 Å². The first-order valence-electron chi connectivity index (χ1n) is 10.1. The van der Waals surface area contributed by atoms with Crippen LogP contribution < -0.4 is 4.74 Å². The van der Waals surface area contributed by atoms with Gasteiger partial charge in [-0.2, -0.15) is 5.26 Å². The molecule has 1 aliphatic rings. The third-order valence-electron chi connectivity index (χ3n) is 5.17. The van der Waals surface area contributed by atoms with Gasteiger partial charge in [0.25, 0.3) is 0 Å². The molecule has 0 aliphatic carbocycles. The van der Waals surface area contributed by atoms with Crippen molar-refractivity contribution >= 4 is 30.4 Å². The van der Waals surface area contributed by atoms with E-state index in [-0.39, 0.29) is 30.6 Å². The molecule has 0 unspecified atom stereocenters. The fourth-order valence-corrected chi connectivity index (χ4v) is 3.59. The first kappa shape index (κ1) is 20.8. The Labute approximate surface area is 172 Å². The minimum Gasteiger partial charge on any atom is -0.494 e. The van der Waals surface area contributed by atoms with E-state index in [4.69, 9.17) is 17.8 Å². The lowest BCUT2D eigenvalue weighted by Crippen LogP contribution is -2.34. The number of likely N-dealkylation sites (tertiary alicyclic amines) is 1. The third-order valence-corrected chi connectivity index (χ3v) is 5.17. The van der Waals surface area contributed by atoms with Crippen LogP contribution in [-0.2, 0) is 4.79 Å². The Morgan fingerprint density at radius 1 is 1.28 bits per heavy atom. The minimum atomic E-state index is -0.363. The van der Waals surface area contributed by atoms with Crippen LogP contribution >= 0.6 is 0 Å². The molecule has 0 saturated carbocycles. The second-order valence-electron chi connectivity index (χ2n) is 7.18. The predicted molar refractivity (Wildman–Crippen MR) is 111 cm³/mol. The quantitative estimate of drug-likeness (QED) is 0.373. The van der Waals surface area contributed by atoms with Crippen LogP contribution in [0.25, 0.3) is 10.9 Å². The van der Waals surface area contributed by atoms with Crippen LogP contribution in [0.4, 0.5) is 0 Å². The number of hydrogen-bond donors (Lipinski definition) is 0. The number of amides is 1. The van der Waals surface area contributed by atoms with E-state index in [9.17, 15) is 9.59 Å². The largest absolute Gasteiger partial charge is 0.494 e. The van der Waals surface area contributed by atoms with Crippen molar-refractivity contribution in [2.45, 2.75) is 50.9 Å². The maximum atomic E-state index is 12.8. The summed E-state index contributed by atoms with van der Waals surface area (Å²) in [7, 11) is 5.50. The van der Waals surface area contributed by atoms with E-state index in [1.807, 2.05) is 18.2 Å². The van der Waals surface area contributed by atoms with Crippen LogP contribution in [0.5, 0.6) is 5.75 Å². The third kappa shape index (κ3) is 5.14. The number of ether oxygens (including phenoxy) is 1. The van der Waals surface area contributed by atoms with Crippen LogP contribution in [-0.4, -0.2) is 48.6 Å². The molecular weight excluding hydrogens is 365 g/mol. The number of carbonyl (C=O) groups is 2. The number of fused-ring (bicyclic) bond motifs is 1. The molecule has 1 atom stereocenters. The average molecular weight is 389 g/mol. The summed E-state index contributed by atoms with van der Waals surface area (Å²) in [6.45, 7) is 1.16. The molecule has 148 valence electrons. The van der Waals surface area contributed by atoms with Gasteiger partial charge < -0.3 is 9.64 Å². The van der Waals surface area contributed by atoms with Crippen molar-refractivity contribution in [2.75, 3.05) is 13.2 Å². The molecule has 0 bridgehead atoms. The SMILES string of the molecule is [B]CCCCOc1ccc2nccc(C(=O)CCC(=O)N3CCC[C@H]3C#N)c2c1. The summed E-state index contributed by atoms with van der Waals surface area (Å²) < 4.78 is 5.75. The summed E-state index contributed by atoms with van der Waals surface area (Å²) in [5, 5.41) is 9.86. The van der Waals surface area contributed by atoms with Gasteiger partial charge in [0.15, 0.2) is 5.78 Å². The van der Waals surface area contributed by atoms with Crippen LogP contribution in [0.15, 0.2) is 30.5 Å². The van der Waals surface area contributed by atoms with Gasteiger partial charge >= 0.3 is 0 Å². The normalized spacial score (nSPS) is 16.0. The number of aromatic nitrogens is 1. The number of unbranched alkanes of at least 4 members (excludes halogenated alkanes) is 1. The highest BCUT2D eigenvalue weighted by Gasteiger charge is 2.28. The zero-order valence-electron chi connectivity index (χ0n) is 16.5. The van der Waals surface area contributed by atoms with E-state index in [1.54, 1.807) is 17.2 Å². The van der Waals surface area contributed by atoms with E-state index in [0.29, 0.717) is 42.7 Å². The van der Waals surface area contributed by atoms with Gasteiger partial charge in [0.05, 0.1) is 26.0 Å². The number of ketones is 1. The van der Waals surface area contributed by atoms with E-state index >= 15 is 0 Å². The zero-order chi connectivity index (χ0) is 20.6. The molecule has 6 nitrogen and oxygen atoms in total. The highest BCUT2D eigenvalue weighted by molar-refractivity contribution is 6.08. The zero-order valence-corrected chi connectivity index (χ0v) is 16.5. The Balaban J connectivity index is 1.68. The molecule has 1 fully saturated rings. The topological polar surface area (TPSA) is 83.3 Å². The molecule has 2 radical (unpaired) electrons. The molecule has 1 aliphatic heterocycles. The number of hydrogen-bond acceptors (Lipinski definition) is 5. The van der Waals surface area contributed by atoms with Gasteiger partial charge in [-0.1, -0.05) is 12.7 Å². The van der Waals surface area contributed by atoms with Gasteiger partial charge in [0.2, 0.25) is 5.91 Å². The Morgan fingerprint density at radius 3 is 2.93 bits per heavy atom. The van der Waals surface area contributed by atoms with E-state index < -0.39 is 0 Å². The Kier molecular flexibility index (Phi) is 7.23. The monoisotopic (exact) mass is 389 g/mol. The maximum Gasteiger partial charge on any atom is 0.224 e. The lowest BCUT2D eigenvalue weighted by atomic mass is 10.0. The minimum absolute atomic E-state index is 0.105. The molecule has 2 aromatic rings. The van der Waals surface area contributed by atoms with Crippen molar-refractivity contribution < 1.29 is 14.3 Å². The second kappa shape index (κ2) is 10.1. The first-order valence-corrected chi connectivity index (χ1v) is 10.1. The number of benzene rings is 1. The van der Waals surface area contributed by atoms with Crippen molar-refractivity contribution in [2.24, 2.45) is 0 Å². The van der Waals surface area contributed by atoms with Gasteiger partial charge in [-0.25, -0.2) is 0 Å². The van der Waals surface area contributed by atoms with Crippen LogP contribution in [0.3, 0.4) is 0 Å². The van der Waals surface area contributed by atoms with Crippen LogP contribution in [0.2, 0.25) is 6.32 Å². The highest BCUT2D eigenvalue weighted by atomic mass is 16.5. The predicted octanol–water partition coefficient (Wildman–Crippen LogP) is 3.46. The Hall–Kier alpha value is -2.88. The fraction of sp³-hybridized carbons (Fsp3) is 0.455. The standard InChI is InChI=1S/C22H24BN3O3/c23-10-1-2-13-29-17-5-6-20-19(14-17)18(9-11-25-20)21(27)7-8-22(28)26-12-3-4-16(26)15-24/h5-6,9,11,14,16H,1-4,7-8,10,12-13H2/t16-/m0/s1. The number of nitriles is 1. The van der Waals surface area contributed by atoms with Crippen molar-refractivity contribution in [3.8, 4) is 11.8 Å². The number of rotatable bonds is 9.